The molecule has 0 saturated heterocycles. The van der Waals surface area contributed by atoms with E-state index in [0.29, 0.717) is 6.42 Å². The molecule has 1 aliphatic carbocycles. The number of carbonyl (C=O) groups excluding carboxylic acids is 1. The first-order chi connectivity index (χ1) is 10.2. The van der Waals surface area contributed by atoms with Gasteiger partial charge in [0.15, 0.2) is 0 Å². The van der Waals surface area contributed by atoms with Gasteiger partial charge in [-0.1, -0.05) is 12.1 Å². The molecule has 0 radical (unpaired) electrons. The van der Waals surface area contributed by atoms with Crippen LogP contribution in [0.15, 0.2) is 24.3 Å². The van der Waals surface area contributed by atoms with Crippen LogP contribution in [0.25, 0.3) is 0 Å². The summed E-state index contributed by atoms with van der Waals surface area (Å²) in [7, 11) is 0. The molecule has 1 amide bonds. The quantitative estimate of drug-likeness (QED) is 0.892. The Bertz CT molecular complexity index is 561. The van der Waals surface area contributed by atoms with Gasteiger partial charge in [-0.05, 0) is 44.9 Å². The first-order valence-corrected chi connectivity index (χ1v) is 7.18. The molecule has 2 rings (SSSR count). The standard InChI is InChI=1S/C16H21NO5/c1-16(2,3)22-15(21)17(9-14(19)20)13-8-12(13)10-4-6-11(18)7-5-10/h4-7,12-13,18H,8-9H2,1-3H3,(H,19,20). The molecule has 1 saturated carbocycles. The topological polar surface area (TPSA) is 87.1 Å². The molecule has 22 heavy (non-hydrogen) atoms. The van der Waals surface area contributed by atoms with Crippen LogP contribution in [0.3, 0.4) is 0 Å². The van der Waals surface area contributed by atoms with E-state index in [-0.39, 0.29) is 24.3 Å². The van der Waals surface area contributed by atoms with Gasteiger partial charge in [0.05, 0.1) is 0 Å². The molecule has 0 aromatic heterocycles. The number of phenolic OH excluding ortho intramolecular Hbond substituents is 1. The van der Waals surface area contributed by atoms with E-state index in [4.69, 9.17) is 9.84 Å². The zero-order valence-electron chi connectivity index (χ0n) is 12.9. The average molecular weight is 307 g/mol. The summed E-state index contributed by atoms with van der Waals surface area (Å²) in [6.07, 6.45) is 0.0817. The number of carboxylic acids is 1. The molecule has 120 valence electrons. The minimum atomic E-state index is -1.07. The number of rotatable bonds is 4. The largest absolute Gasteiger partial charge is 0.508 e. The molecule has 2 atom stereocenters. The lowest BCUT2D eigenvalue weighted by Gasteiger charge is -2.26. The van der Waals surface area contributed by atoms with Gasteiger partial charge in [0, 0.05) is 12.0 Å². The fourth-order valence-corrected chi connectivity index (χ4v) is 2.39. The summed E-state index contributed by atoms with van der Waals surface area (Å²) in [5, 5.41) is 18.3. The maximum Gasteiger partial charge on any atom is 0.411 e. The van der Waals surface area contributed by atoms with E-state index in [9.17, 15) is 14.7 Å². The van der Waals surface area contributed by atoms with Crippen molar-refractivity contribution in [2.45, 2.75) is 44.8 Å². The zero-order valence-corrected chi connectivity index (χ0v) is 12.9. The zero-order chi connectivity index (χ0) is 16.5. The number of aliphatic carboxylic acids is 1. The smallest absolute Gasteiger partial charge is 0.411 e. The lowest BCUT2D eigenvalue weighted by Crippen LogP contribution is -2.41. The molecular weight excluding hydrogens is 286 g/mol. The summed E-state index contributed by atoms with van der Waals surface area (Å²) in [6.45, 7) is 4.85. The van der Waals surface area contributed by atoms with Crippen LogP contribution >= 0.6 is 0 Å². The van der Waals surface area contributed by atoms with Gasteiger partial charge < -0.3 is 14.9 Å². The normalized spacial score (nSPS) is 20.3. The molecule has 0 spiro atoms. The number of ether oxygens (including phenoxy) is 1. The average Bonchev–Trinajstić information content (AvgIpc) is 3.14. The Labute approximate surface area is 129 Å². The van der Waals surface area contributed by atoms with Gasteiger partial charge >= 0.3 is 12.1 Å². The number of amides is 1. The number of hydrogen-bond acceptors (Lipinski definition) is 4. The van der Waals surface area contributed by atoms with Crippen molar-refractivity contribution in [1.82, 2.24) is 4.90 Å². The van der Waals surface area contributed by atoms with Crippen LogP contribution in [0.1, 0.15) is 38.7 Å². The first-order valence-electron chi connectivity index (χ1n) is 7.18. The molecule has 0 heterocycles. The predicted molar refractivity (Wildman–Crippen MR) is 79.8 cm³/mol. The van der Waals surface area contributed by atoms with Crippen molar-refractivity contribution in [3.05, 3.63) is 29.8 Å². The minimum absolute atomic E-state index is 0.0764. The third kappa shape index (κ3) is 4.13. The lowest BCUT2D eigenvalue weighted by atomic mass is 10.1. The highest BCUT2D eigenvalue weighted by Gasteiger charge is 2.46. The van der Waals surface area contributed by atoms with Gasteiger partial charge in [-0.3, -0.25) is 9.69 Å². The Morgan fingerprint density at radius 3 is 2.36 bits per heavy atom. The fraction of sp³-hybridized carbons (Fsp3) is 0.500. The third-order valence-corrected chi connectivity index (χ3v) is 3.41. The van der Waals surface area contributed by atoms with Crippen molar-refractivity contribution >= 4 is 12.1 Å². The molecule has 6 heteroatoms. The number of hydrogen-bond donors (Lipinski definition) is 2. The maximum atomic E-state index is 12.2. The van der Waals surface area contributed by atoms with Gasteiger partial charge in [0.2, 0.25) is 0 Å². The summed E-state index contributed by atoms with van der Waals surface area (Å²) in [5.74, 6) is -0.815. The summed E-state index contributed by atoms with van der Waals surface area (Å²) in [5.41, 5.74) is 0.304. The van der Waals surface area contributed by atoms with E-state index in [1.54, 1.807) is 45.0 Å². The van der Waals surface area contributed by atoms with Crippen LogP contribution in [0.2, 0.25) is 0 Å². The van der Waals surface area contributed by atoms with E-state index < -0.39 is 17.7 Å². The highest BCUT2D eigenvalue weighted by Crippen LogP contribution is 2.45. The second kappa shape index (κ2) is 5.87. The van der Waals surface area contributed by atoms with Crippen LogP contribution in [-0.2, 0) is 9.53 Å². The van der Waals surface area contributed by atoms with Crippen molar-refractivity contribution in [3.8, 4) is 5.75 Å². The molecular formula is C16H21NO5. The first kappa shape index (κ1) is 16.1. The monoisotopic (exact) mass is 307 g/mol. The Morgan fingerprint density at radius 2 is 1.86 bits per heavy atom. The van der Waals surface area contributed by atoms with Gasteiger partial charge in [-0.2, -0.15) is 0 Å². The van der Waals surface area contributed by atoms with E-state index in [1.807, 2.05) is 0 Å². The lowest BCUT2D eigenvalue weighted by molar-refractivity contribution is -0.138. The van der Waals surface area contributed by atoms with Crippen LogP contribution in [0, 0.1) is 0 Å². The van der Waals surface area contributed by atoms with Crippen molar-refractivity contribution in [1.29, 1.82) is 0 Å². The molecule has 1 aromatic rings. The molecule has 0 aliphatic heterocycles. The predicted octanol–water partition coefficient (Wildman–Crippen LogP) is 2.57. The summed E-state index contributed by atoms with van der Waals surface area (Å²) in [6, 6.07) is 6.55. The maximum absolute atomic E-state index is 12.2. The number of benzene rings is 1. The summed E-state index contributed by atoms with van der Waals surface area (Å²) in [4.78, 5) is 24.5. The molecule has 1 aliphatic rings. The fourth-order valence-electron chi connectivity index (χ4n) is 2.39. The number of aromatic hydroxyl groups is 1. The molecule has 1 fully saturated rings. The van der Waals surface area contributed by atoms with E-state index in [0.717, 1.165) is 5.56 Å². The highest BCUT2D eigenvalue weighted by atomic mass is 16.6. The third-order valence-electron chi connectivity index (χ3n) is 3.41. The van der Waals surface area contributed by atoms with E-state index in [1.165, 1.54) is 4.90 Å². The molecule has 1 aromatic carbocycles. The molecule has 2 unspecified atom stereocenters. The van der Waals surface area contributed by atoms with Gasteiger partial charge in [-0.15, -0.1) is 0 Å². The van der Waals surface area contributed by atoms with Crippen LogP contribution in [-0.4, -0.2) is 45.4 Å². The molecule has 6 nitrogen and oxygen atoms in total. The van der Waals surface area contributed by atoms with Crippen molar-refractivity contribution in [3.63, 3.8) is 0 Å². The highest BCUT2D eigenvalue weighted by molar-refractivity contribution is 5.77. The van der Waals surface area contributed by atoms with Gasteiger partial charge in [0.25, 0.3) is 0 Å². The second-order valence-corrected chi connectivity index (χ2v) is 6.50. The number of nitrogens with zero attached hydrogens (tertiary/aromatic N) is 1. The van der Waals surface area contributed by atoms with Crippen LogP contribution in [0.4, 0.5) is 4.79 Å². The van der Waals surface area contributed by atoms with Gasteiger partial charge in [-0.25, -0.2) is 4.79 Å². The number of carboxylic acid groups (broad SMARTS) is 1. The van der Waals surface area contributed by atoms with Crippen molar-refractivity contribution in [2.75, 3.05) is 6.54 Å². The Kier molecular flexibility index (Phi) is 4.30. The second-order valence-electron chi connectivity index (χ2n) is 6.50. The molecule has 2 N–H and O–H groups in total. The Balaban J connectivity index is 2.09. The van der Waals surface area contributed by atoms with E-state index in [2.05, 4.69) is 0 Å². The minimum Gasteiger partial charge on any atom is -0.508 e. The van der Waals surface area contributed by atoms with E-state index >= 15 is 0 Å². The van der Waals surface area contributed by atoms with Gasteiger partial charge in [0.1, 0.15) is 17.9 Å². The number of carbonyl (C=O) groups is 2. The number of phenols is 1. The van der Waals surface area contributed by atoms with Crippen molar-refractivity contribution < 1.29 is 24.5 Å². The molecule has 0 bridgehead atoms. The van der Waals surface area contributed by atoms with Crippen molar-refractivity contribution in [2.24, 2.45) is 0 Å². The SMILES string of the molecule is CC(C)(C)OC(=O)N(CC(=O)O)C1CC1c1ccc(O)cc1. The Morgan fingerprint density at radius 1 is 1.27 bits per heavy atom. The summed E-state index contributed by atoms with van der Waals surface area (Å²) < 4.78 is 5.29. The Hall–Kier alpha value is -2.24. The summed E-state index contributed by atoms with van der Waals surface area (Å²) >= 11 is 0. The van der Waals surface area contributed by atoms with Crippen LogP contribution in [0.5, 0.6) is 5.75 Å². The van der Waals surface area contributed by atoms with Crippen LogP contribution < -0.4 is 0 Å².